The Labute approximate surface area is 90.4 Å². The van der Waals surface area contributed by atoms with E-state index in [1.165, 1.54) is 7.05 Å². The Balaban J connectivity index is 4.19. The zero-order chi connectivity index (χ0) is 12.9. The van der Waals surface area contributed by atoms with Gasteiger partial charge in [-0.3, -0.25) is 4.79 Å². The van der Waals surface area contributed by atoms with Crippen molar-refractivity contribution in [3.8, 4) is 0 Å². The lowest BCUT2D eigenvalue weighted by Crippen LogP contribution is -2.42. The normalized spacial score (nSPS) is 15.9. The molecule has 0 aliphatic rings. The predicted molar refractivity (Wildman–Crippen MR) is 54.3 cm³/mol. The van der Waals surface area contributed by atoms with Gasteiger partial charge < -0.3 is 20.5 Å². The number of amides is 2. The highest BCUT2D eigenvalue weighted by Gasteiger charge is 2.18. The van der Waals surface area contributed by atoms with E-state index >= 15 is 0 Å². The highest BCUT2D eigenvalue weighted by atomic mass is 16.6. The van der Waals surface area contributed by atoms with Gasteiger partial charge in [-0.2, -0.15) is 0 Å². The summed E-state index contributed by atoms with van der Waals surface area (Å²) in [7, 11) is 1.33. The van der Waals surface area contributed by atoms with Gasteiger partial charge in [0.05, 0.1) is 7.89 Å². The van der Waals surface area contributed by atoms with E-state index in [-0.39, 0.29) is 0 Å². The fourth-order valence-corrected chi connectivity index (χ4v) is 0.678. The molecule has 2 amide bonds. The van der Waals surface area contributed by atoms with Crippen LogP contribution < -0.4 is 10.6 Å². The van der Waals surface area contributed by atoms with Crippen molar-refractivity contribution in [2.45, 2.75) is 32.5 Å². The zero-order valence-electron chi connectivity index (χ0n) is 10.3. The third kappa shape index (κ3) is 6.73. The fourth-order valence-electron chi connectivity index (χ4n) is 0.678. The van der Waals surface area contributed by atoms with Crippen LogP contribution in [-0.4, -0.2) is 42.4 Å². The van der Waals surface area contributed by atoms with E-state index in [4.69, 9.17) is 6.11 Å². The molecule has 2 unspecified atom stereocenters. The van der Waals surface area contributed by atoms with E-state index in [2.05, 4.69) is 5.32 Å². The molecule has 2 atom stereocenters. The maximum Gasteiger partial charge on any atom is 0.407 e. The molecular formula is C9H18N2O4. The number of carbonyl (C=O) groups is 2. The molecule has 0 aromatic rings. The lowest BCUT2D eigenvalue weighted by molar-refractivity contribution is -0.128. The van der Waals surface area contributed by atoms with Crippen LogP contribution in [0.25, 0.3) is 0 Å². The first-order valence-corrected chi connectivity index (χ1v) is 4.49. The van der Waals surface area contributed by atoms with Crippen molar-refractivity contribution in [1.82, 2.24) is 10.6 Å². The fraction of sp³-hybridized carbons (Fsp3) is 0.778. The van der Waals surface area contributed by atoms with Gasteiger partial charge in [-0.1, -0.05) is 0 Å². The van der Waals surface area contributed by atoms with Crippen molar-refractivity contribution in [3.63, 3.8) is 0 Å². The van der Waals surface area contributed by atoms with Crippen molar-refractivity contribution >= 4 is 12.0 Å². The van der Waals surface area contributed by atoms with Crippen LogP contribution in [0.3, 0.4) is 0 Å². The summed E-state index contributed by atoms with van der Waals surface area (Å²) in [6.07, 6.45) is -2.48. The summed E-state index contributed by atoms with van der Waals surface area (Å²) < 4.78 is 12.2. The molecular weight excluding hydrogens is 200 g/mol. The minimum Gasteiger partial charge on any atom is -0.444 e. The van der Waals surface area contributed by atoms with Gasteiger partial charge in [0.25, 0.3) is 0 Å². The zero-order valence-corrected chi connectivity index (χ0v) is 9.33. The largest absolute Gasteiger partial charge is 0.444 e. The Bertz CT molecular complexity index is 265. The van der Waals surface area contributed by atoms with Gasteiger partial charge in [0, 0.05) is 7.05 Å². The summed E-state index contributed by atoms with van der Waals surface area (Å²) in [5.41, 5.74) is -0.693. The van der Waals surface area contributed by atoms with Crippen LogP contribution >= 0.6 is 0 Å². The summed E-state index contributed by atoms with van der Waals surface area (Å²) in [6.45, 7) is 3.54. The van der Waals surface area contributed by atoms with E-state index in [1.54, 1.807) is 20.8 Å². The molecule has 0 radical (unpaired) electrons. The van der Waals surface area contributed by atoms with Crippen molar-refractivity contribution in [2.75, 3.05) is 13.6 Å². The summed E-state index contributed by atoms with van der Waals surface area (Å²) >= 11 is 0. The van der Waals surface area contributed by atoms with Crippen LogP contribution in [0.1, 0.15) is 22.1 Å². The number of likely N-dealkylation sites (N-methyl/N-ethyl adjacent to an activating group) is 1. The summed E-state index contributed by atoms with van der Waals surface area (Å²) in [4.78, 5) is 22.1. The van der Waals surface area contributed by atoms with Gasteiger partial charge in [0.1, 0.15) is 11.7 Å². The van der Waals surface area contributed by atoms with Crippen LogP contribution in [0.4, 0.5) is 4.79 Å². The molecule has 0 aromatic carbocycles. The Morgan fingerprint density at radius 1 is 1.53 bits per heavy atom. The molecule has 0 aromatic heterocycles. The first-order chi connectivity index (χ1) is 7.17. The number of rotatable bonds is 3. The third-order valence-corrected chi connectivity index (χ3v) is 1.27. The van der Waals surface area contributed by atoms with Gasteiger partial charge in [0.15, 0.2) is 0 Å². The van der Waals surface area contributed by atoms with Gasteiger partial charge in [0.2, 0.25) is 5.91 Å². The molecule has 6 nitrogen and oxygen atoms in total. The lowest BCUT2D eigenvalue weighted by atomic mass is 10.2. The topological polar surface area (TPSA) is 87.7 Å². The van der Waals surface area contributed by atoms with E-state index in [0.717, 1.165) is 0 Å². The minimum atomic E-state index is -1.63. The first kappa shape index (κ1) is 11.8. The van der Waals surface area contributed by atoms with Crippen molar-refractivity contribution in [2.24, 2.45) is 0 Å². The summed E-state index contributed by atoms with van der Waals surface area (Å²) in [6, 6.07) is 0. The number of hydrogen-bond acceptors (Lipinski definition) is 4. The van der Waals surface area contributed by atoms with Gasteiger partial charge in [-0.25, -0.2) is 4.79 Å². The molecule has 6 heteroatoms. The number of ether oxygens (including phenoxy) is 1. The Morgan fingerprint density at radius 2 is 2.07 bits per heavy atom. The standard InChI is InChI=1S/C9H18N2O4/c1-9(2,3)15-8(14)11-5-6(12)7(13)10-4/h6,12H,5H2,1-4H3,(H,10,13)(H,11,14)/i5D. The molecule has 0 spiro atoms. The number of carbonyl (C=O) groups excluding carboxylic acids is 2. The van der Waals surface area contributed by atoms with Crippen LogP contribution in [0.15, 0.2) is 0 Å². The molecule has 0 aliphatic carbocycles. The second-order valence-corrected chi connectivity index (χ2v) is 3.87. The van der Waals surface area contributed by atoms with Gasteiger partial charge >= 0.3 is 6.09 Å². The Kier molecular flexibility index (Phi) is 4.36. The highest BCUT2D eigenvalue weighted by Crippen LogP contribution is 2.06. The first-order valence-electron chi connectivity index (χ1n) is 5.06. The molecule has 15 heavy (non-hydrogen) atoms. The molecule has 0 heterocycles. The third-order valence-electron chi connectivity index (χ3n) is 1.27. The molecule has 0 saturated carbocycles. The average molecular weight is 219 g/mol. The molecule has 88 valence electrons. The summed E-state index contributed by atoms with van der Waals surface area (Å²) in [5, 5.41) is 13.5. The van der Waals surface area contributed by atoms with E-state index in [9.17, 15) is 14.7 Å². The molecule has 3 N–H and O–H groups in total. The van der Waals surface area contributed by atoms with Crippen molar-refractivity contribution < 1.29 is 20.8 Å². The van der Waals surface area contributed by atoms with E-state index in [0.29, 0.717) is 0 Å². The van der Waals surface area contributed by atoms with E-state index < -0.39 is 30.2 Å². The number of hydrogen-bond donors (Lipinski definition) is 3. The second-order valence-electron chi connectivity index (χ2n) is 3.87. The highest BCUT2D eigenvalue weighted by molar-refractivity contribution is 5.81. The second kappa shape index (κ2) is 5.55. The number of alkyl carbamates (subject to hydrolysis) is 1. The SMILES string of the molecule is [2H]C(NC(=O)OC(C)(C)C)C(O)C(=O)NC. The quantitative estimate of drug-likeness (QED) is 0.603. The maximum atomic E-state index is 11.2. The smallest absolute Gasteiger partial charge is 0.407 e. The maximum absolute atomic E-state index is 11.2. The van der Waals surface area contributed by atoms with Crippen LogP contribution in [0, 0.1) is 0 Å². The molecule has 0 bridgehead atoms. The van der Waals surface area contributed by atoms with Crippen molar-refractivity contribution in [3.05, 3.63) is 0 Å². The minimum absolute atomic E-state index is 0.693. The average Bonchev–Trinajstić information content (AvgIpc) is 2.12. The molecule has 0 fully saturated rings. The molecule has 0 saturated heterocycles. The van der Waals surface area contributed by atoms with Crippen molar-refractivity contribution in [1.29, 1.82) is 0 Å². The Hall–Kier alpha value is -1.30. The molecule has 0 aliphatic heterocycles. The van der Waals surface area contributed by atoms with Crippen LogP contribution in [-0.2, 0) is 9.53 Å². The monoisotopic (exact) mass is 219 g/mol. The van der Waals surface area contributed by atoms with Crippen LogP contribution in [0.2, 0.25) is 0 Å². The molecule has 0 rings (SSSR count). The number of aliphatic hydroxyl groups excluding tert-OH is 1. The summed E-state index contributed by atoms with van der Waals surface area (Å²) in [5.74, 6) is -0.740. The number of aliphatic hydroxyl groups is 1. The predicted octanol–water partition coefficient (Wildman–Crippen LogP) is -0.382. The van der Waals surface area contributed by atoms with Gasteiger partial charge in [-0.05, 0) is 20.8 Å². The lowest BCUT2D eigenvalue weighted by Gasteiger charge is -2.20. The number of nitrogens with one attached hydrogen (secondary N) is 2. The van der Waals surface area contributed by atoms with Gasteiger partial charge in [-0.15, -0.1) is 0 Å². The van der Waals surface area contributed by atoms with E-state index in [1.807, 2.05) is 5.32 Å². The van der Waals surface area contributed by atoms with Crippen LogP contribution in [0.5, 0.6) is 0 Å². The Morgan fingerprint density at radius 3 is 2.47 bits per heavy atom.